The summed E-state index contributed by atoms with van der Waals surface area (Å²) in [5, 5.41) is 9.01. The van der Waals surface area contributed by atoms with Crippen LogP contribution in [0.5, 0.6) is 5.75 Å². The number of amides is 2. The number of carbonyl (C=O) groups is 2. The topological polar surface area (TPSA) is 88.4 Å². The molecule has 6 rings (SSSR count). The molecule has 1 N–H and O–H groups in total. The Labute approximate surface area is 232 Å². The zero-order chi connectivity index (χ0) is 27.5. The number of para-hydroxylation sites is 1. The van der Waals surface area contributed by atoms with E-state index >= 15 is 0 Å². The minimum absolute atomic E-state index is 0.0621. The standard InChI is InChI=1S/C33H28N2O5/c36-20-9-21-39-27-18-16-24(17-19-27)30-34-33(29(40-30)23-10-3-1-4-11-23)22-26-14-7-8-15-28(26)35(32(33)38)31(37)25-12-5-2-6-13-25/h1-8,10-19,29,36H,9,20-22H2/t29-,33-/m1/s1. The lowest BCUT2D eigenvalue weighted by atomic mass is 9.78. The average Bonchev–Trinajstić information content (AvgIpc) is 3.39. The molecule has 2 aliphatic heterocycles. The van der Waals surface area contributed by atoms with E-state index in [0.717, 1.165) is 11.1 Å². The maximum atomic E-state index is 14.6. The van der Waals surface area contributed by atoms with Crippen LogP contribution < -0.4 is 9.64 Å². The molecule has 0 aromatic heterocycles. The summed E-state index contributed by atoms with van der Waals surface area (Å²) in [6.07, 6.45) is 0.0863. The highest BCUT2D eigenvalue weighted by molar-refractivity contribution is 6.25. The Balaban J connectivity index is 1.45. The van der Waals surface area contributed by atoms with Gasteiger partial charge in [0.25, 0.3) is 11.8 Å². The van der Waals surface area contributed by atoms with Crippen molar-refractivity contribution in [2.75, 3.05) is 18.1 Å². The molecule has 7 nitrogen and oxygen atoms in total. The highest BCUT2D eigenvalue weighted by Gasteiger charge is 2.58. The van der Waals surface area contributed by atoms with Crippen molar-refractivity contribution in [3.63, 3.8) is 0 Å². The fraction of sp³-hybridized carbons (Fsp3) is 0.182. The summed E-state index contributed by atoms with van der Waals surface area (Å²) in [5.41, 5.74) is 1.93. The Morgan fingerprint density at radius 2 is 1.60 bits per heavy atom. The Morgan fingerprint density at radius 3 is 2.33 bits per heavy atom. The summed E-state index contributed by atoms with van der Waals surface area (Å²) in [7, 11) is 0. The van der Waals surface area contributed by atoms with Gasteiger partial charge in [0.2, 0.25) is 5.90 Å². The van der Waals surface area contributed by atoms with Gasteiger partial charge in [0.1, 0.15) is 5.75 Å². The molecule has 4 aromatic carbocycles. The number of hydrogen-bond donors (Lipinski definition) is 1. The molecular weight excluding hydrogens is 504 g/mol. The zero-order valence-electron chi connectivity index (χ0n) is 21.8. The quantitative estimate of drug-likeness (QED) is 0.263. The second kappa shape index (κ2) is 10.8. The number of ether oxygens (including phenoxy) is 2. The van der Waals surface area contributed by atoms with Gasteiger partial charge in [0.15, 0.2) is 11.6 Å². The lowest BCUT2D eigenvalue weighted by Crippen LogP contribution is -2.57. The number of imide groups is 1. The molecule has 0 saturated heterocycles. The number of aliphatic imine (C=N–C) groups is 1. The Hall–Kier alpha value is -4.75. The number of nitrogens with zero attached hydrogens (tertiary/aromatic N) is 2. The molecule has 1 spiro atoms. The van der Waals surface area contributed by atoms with Gasteiger partial charge in [-0.05, 0) is 53.6 Å². The molecule has 0 unspecified atom stereocenters. The zero-order valence-corrected chi connectivity index (χ0v) is 21.8. The first-order valence-corrected chi connectivity index (χ1v) is 13.3. The molecule has 2 aliphatic rings. The van der Waals surface area contributed by atoms with Crippen LogP contribution in [-0.2, 0) is 16.0 Å². The van der Waals surface area contributed by atoms with Crippen LogP contribution in [0.4, 0.5) is 5.69 Å². The molecule has 2 amide bonds. The van der Waals surface area contributed by atoms with Crippen LogP contribution in [0.1, 0.15) is 39.6 Å². The molecule has 4 aromatic rings. The maximum absolute atomic E-state index is 14.6. The van der Waals surface area contributed by atoms with E-state index in [0.29, 0.717) is 41.5 Å². The van der Waals surface area contributed by atoms with Crippen molar-refractivity contribution in [2.24, 2.45) is 4.99 Å². The third-order valence-electron chi connectivity index (χ3n) is 7.23. The number of fused-ring (bicyclic) bond motifs is 1. The third-order valence-corrected chi connectivity index (χ3v) is 7.23. The molecule has 0 aliphatic carbocycles. The molecular formula is C33H28N2O5. The van der Waals surface area contributed by atoms with Gasteiger partial charge in [-0.1, -0.05) is 66.7 Å². The van der Waals surface area contributed by atoms with Crippen LogP contribution in [0.25, 0.3) is 0 Å². The molecule has 2 atom stereocenters. The fourth-order valence-corrected chi connectivity index (χ4v) is 5.28. The molecule has 0 radical (unpaired) electrons. The fourth-order valence-electron chi connectivity index (χ4n) is 5.28. The van der Waals surface area contributed by atoms with Crippen molar-refractivity contribution in [3.8, 4) is 5.75 Å². The third kappa shape index (κ3) is 4.54. The summed E-state index contributed by atoms with van der Waals surface area (Å²) < 4.78 is 12.2. The van der Waals surface area contributed by atoms with Crippen LogP contribution in [0.15, 0.2) is 114 Å². The van der Waals surface area contributed by atoms with E-state index < -0.39 is 23.5 Å². The number of benzene rings is 4. The van der Waals surface area contributed by atoms with Gasteiger partial charge in [-0.2, -0.15) is 0 Å². The van der Waals surface area contributed by atoms with Gasteiger partial charge in [-0.15, -0.1) is 0 Å². The molecule has 7 heteroatoms. The van der Waals surface area contributed by atoms with E-state index in [-0.39, 0.29) is 13.0 Å². The van der Waals surface area contributed by atoms with Crippen LogP contribution in [0, 0.1) is 0 Å². The number of aliphatic hydroxyl groups excluding tert-OH is 1. The van der Waals surface area contributed by atoms with Gasteiger partial charge >= 0.3 is 0 Å². The van der Waals surface area contributed by atoms with Gasteiger partial charge in [0.05, 0.1) is 12.3 Å². The summed E-state index contributed by atoms with van der Waals surface area (Å²) in [4.78, 5) is 34.7. The average molecular weight is 533 g/mol. The number of anilines is 1. The highest BCUT2D eigenvalue weighted by Crippen LogP contribution is 2.48. The largest absolute Gasteiger partial charge is 0.494 e. The van der Waals surface area contributed by atoms with Gasteiger partial charge < -0.3 is 14.6 Å². The molecule has 0 saturated carbocycles. The van der Waals surface area contributed by atoms with Gasteiger partial charge in [-0.3, -0.25) is 9.59 Å². The number of rotatable bonds is 7. The first-order chi connectivity index (χ1) is 19.6. The van der Waals surface area contributed by atoms with E-state index in [9.17, 15) is 9.59 Å². The van der Waals surface area contributed by atoms with Crippen LogP contribution >= 0.6 is 0 Å². The van der Waals surface area contributed by atoms with Crippen molar-refractivity contribution in [1.82, 2.24) is 0 Å². The van der Waals surface area contributed by atoms with Crippen molar-refractivity contribution >= 4 is 23.4 Å². The second-order valence-corrected chi connectivity index (χ2v) is 9.82. The molecule has 40 heavy (non-hydrogen) atoms. The lowest BCUT2D eigenvalue weighted by molar-refractivity contribution is -0.126. The van der Waals surface area contributed by atoms with Crippen LogP contribution in [0.2, 0.25) is 0 Å². The normalized spacial score (nSPS) is 19.6. The summed E-state index contributed by atoms with van der Waals surface area (Å²) in [6, 6.07) is 33.1. The van der Waals surface area contributed by atoms with Crippen molar-refractivity contribution in [3.05, 3.63) is 131 Å². The van der Waals surface area contributed by atoms with Crippen molar-refractivity contribution < 1.29 is 24.2 Å². The molecule has 0 bridgehead atoms. The number of hydrogen-bond acceptors (Lipinski definition) is 6. The summed E-state index contributed by atoms with van der Waals surface area (Å²) in [5.74, 6) is 0.160. The second-order valence-electron chi connectivity index (χ2n) is 9.82. The Bertz CT molecular complexity index is 1550. The van der Waals surface area contributed by atoms with E-state index in [4.69, 9.17) is 19.6 Å². The van der Waals surface area contributed by atoms with Crippen molar-refractivity contribution in [1.29, 1.82) is 0 Å². The maximum Gasteiger partial charge on any atom is 0.266 e. The monoisotopic (exact) mass is 532 g/mol. The predicted octanol–water partition coefficient (Wildman–Crippen LogP) is 5.13. The SMILES string of the molecule is O=C(c1ccccc1)N1C(=O)[C@]2(Cc3ccccc31)N=C(c1ccc(OCCCO)cc1)O[C@@H]2c1ccccc1. The van der Waals surface area contributed by atoms with E-state index in [2.05, 4.69) is 0 Å². The molecule has 2 heterocycles. The van der Waals surface area contributed by atoms with E-state index in [1.165, 1.54) is 4.90 Å². The summed E-state index contributed by atoms with van der Waals surface area (Å²) >= 11 is 0. The van der Waals surface area contributed by atoms with Crippen LogP contribution in [0.3, 0.4) is 0 Å². The Kier molecular flexibility index (Phi) is 6.88. The minimum Gasteiger partial charge on any atom is -0.494 e. The first-order valence-electron chi connectivity index (χ1n) is 13.3. The first kappa shape index (κ1) is 25.5. The number of carbonyl (C=O) groups excluding carboxylic acids is 2. The Morgan fingerprint density at radius 1 is 0.925 bits per heavy atom. The lowest BCUT2D eigenvalue weighted by Gasteiger charge is -2.39. The van der Waals surface area contributed by atoms with Crippen molar-refractivity contribution in [2.45, 2.75) is 24.5 Å². The summed E-state index contributed by atoms with van der Waals surface area (Å²) in [6.45, 7) is 0.471. The van der Waals surface area contributed by atoms with E-state index in [1.54, 1.807) is 30.3 Å². The predicted molar refractivity (Wildman–Crippen MR) is 152 cm³/mol. The minimum atomic E-state index is -1.38. The molecule has 0 fully saturated rings. The van der Waals surface area contributed by atoms with Gasteiger partial charge in [-0.25, -0.2) is 9.89 Å². The smallest absolute Gasteiger partial charge is 0.266 e. The van der Waals surface area contributed by atoms with Crippen LogP contribution in [-0.4, -0.2) is 41.6 Å². The molecule has 200 valence electrons. The highest BCUT2D eigenvalue weighted by atomic mass is 16.5. The van der Waals surface area contributed by atoms with Gasteiger partial charge in [0, 0.05) is 30.6 Å². The number of aliphatic hydroxyl groups is 1. The van der Waals surface area contributed by atoms with E-state index in [1.807, 2.05) is 78.9 Å².